The van der Waals surface area contributed by atoms with Crippen LogP contribution in [-0.4, -0.2) is 36.7 Å². The molecule has 29 heavy (non-hydrogen) atoms. The minimum Gasteiger partial charge on any atom is -0.373 e. The number of nitrogens with zero attached hydrogens (tertiary/aromatic N) is 3. The monoisotopic (exact) mass is 408 g/mol. The molecule has 0 atom stereocenters. The molecule has 0 saturated carbocycles. The number of rotatable bonds is 4. The second-order valence-corrected chi connectivity index (χ2v) is 8.55. The minimum absolute atomic E-state index is 0.0556. The predicted octanol–water partition coefficient (Wildman–Crippen LogP) is 3.94. The van der Waals surface area contributed by atoms with Crippen molar-refractivity contribution in [2.75, 3.05) is 18.6 Å². The van der Waals surface area contributed by atoms with Crippen molar-refractivity contribution in [2.24, 2.45) is 0 Å². The summed E-state index contributed by atoms with van der Waals surface area (Å²) >= 11 is 0. The summed E-state index contributed by atoms with van der Waals surface area (Å²) in [7, 11) is -1.72. The highest BCUT2D eigenvalue weighted by molar-refractivity contribution is 7.90. The third-order valence-corrected chi connectivity index (χ3v) is 5.64. The van der Waals surface area contributed by atoms with E-state index in [0.29, 0.717) is 28.3 Å². The van der Waals surface area contributed by atoms with Crippen molar-refractivity contribution in [2.45, 2.75) is 4.90 Å². The smallest absolute Gasteiger partial charge is 0.175 e. The minimum atomic E-state index is -3.48. The number of pyridine rings is 1. The van der Waals surface area contributed by atoms with E-state index in [1.807, 2.05) is 12.1 Å². The Morgan fingerprint density at radius 2 is 1.83 bits per heavy atom. The highest BCUT2D eigenvalue weighted by Gasteiger charge is 2.14. The average Bonchev–Trinajstić information content (AvgIpc) is 2.72. The lowest BCUT2D eigenvalue weighted by atomic mass is 10.0. The van der Waals surface area contributed by atoms with E-state index in [-0.39, 0.29) is 4.90 Å². The van der Waals surface area contributed by atoms with Gasteiger partial charge in [0.05, 0.1) is 10.4 Å². The van der Waals surface area contributed by atoms with Gasteiger partial charge in [-0.15, -0.1) is 0 Å². The molecule has 4 rings (SSSR count). The number of benzene rings is 2. The van der Waals surface area contributed by atoms with E-state index in [4.69, 9.17) is 0 Å². The Kier molecular flexibility index (Phi) is 4.71. The van der Waals surface area contributed by atoms with Gasteiger partial charge in [-0.1, -0.05) is 12.1 Å². The standard InChI is InChI=1S/C21H17FN4O2S/c1-23-21-17-10-13(16-7-6-15(11-18(16)22)29(2,27)28)5-8-19(17)25-20(26-21)14-4-3-9-24-12-14/h3-12H,1-2H3,(H,23,25,26). The summed E-state index contributed by atoms with van der Waals surface area (Å²) in [5.41, 5.74) is 2.39. The normalized spacial score (nSPS) is 11.6. The molecule has 1 N–H and O–H groups in total. The summed E-state index contributed by atoms with van der Waals surface area (Å²) in [6, 6.07) is 12.9. The molecule has 0 aliphatic carbocycles. The predicted molar refractivity (Wildman–Crippen MR) is 111 cm³/mol. The van der Waals surface area contributed by atoms with Gasteiger partial charge in [0, 0.05) is 42.2 Å². The summed E-state index contributed by atoms with van der Waals surface area (Å²) in [5.74, 6) is 0.529. The molecule has 0 saturated heterocycles. The maximum absolute atomic E-state index is 14.6. The molecule has 146 valence electrons. The number of fused-ring (bicyclic) bond motifs is 1. The molecule has 0 aliphatic heterocycles. The zero-order valence-corrected chi connectivity index (χ0v) is 16.5. The Morgan fingerprint density at radius 3 is 2.48 bits per heavy atom. The summed E-state index contributed by atoms with van der Waals surface area (Å²) in [5, 5.41) is 3.78. The van der Waals surface area contributed by atoms with Crippen LogP contribution in [0.4, 0.5) is 10.2 Å². The Balaban J connectivity index is 1.85. The van der Waals surface area contributed by atoms with Crippen LogP contribution in [0.3, 0.4) is 0 Å². The van der Waals surface area contributed by atoms with Crippen LogP contribution in [0.1, 0.15) is 0 Å². The second kappa shape index (κ2) is 7.21. The zero-order valence-electron chi connectivity index (χ0n) is 15.7. The lowest BCUT2D eigenvalue weighted by molar-refractivity contribution is 0.596. The number of anilines is 1. The number of hydrogen-bond acceptors (Lipinski definition) is 6. The molecule has 0 amide bonds. The van der Waals surface area contributed by atoms with Crippen molar-refractivity contribution < 1.29 is 12.8 Å². The first-order chi connectivity index (χ1) is 13.9. The first kappa shape index (κ1) is 18.9. The average molecular weight is 408 g/mol. The number of hydrogen-bond donors (Lipinski definition) is 1. The third kappa shape index (κ3) is 3.66. The van der Waals surface area contributed by atoms with Gasteiger partial charge in [-0.25, -0.2) is 22.8 Å². The van der Waals surface area contributed by atoms with E-state index in [9.17, 15) is 12.8 Å². The highest BCUT2D eigenvalue weighted by atomic mass is 32.2. The molecule has 2 heterocycles. The fourth-order valence-corrected chi connectivity index (χ4v) is 3.70. The maximum Gasteiger partial charge on any atom is 0.175 e. The molecule has 0 bridgehead atoms. The van der Waals surface area contributed by atoms with Crippen LogP contribution in [-0.2, 0) is 9.84 Å². The van der Waals surface area contributed by atoms with Crippen LogP contribution >= 0.6 is 0 Å². The quantitative estimate of drug-likeness (QED) is 0.551. The van der Waals surface area contributed by atoms with Crippen molar-refractivity contribution in [3.63, 3.8) is 0 Å². The van der Waals surface area contributed by atoms with E-state index in [1.54, 1.807) is 37.6 Å². The van der Waals surface area contributed by atoms with Gasteiger partial charge < -0.3 is 5.32 Å². The molecule has 0 unspecified atom stereocenters. The van der Waals surface area contributed by atoms with E-state index < -0.39 is 15.7 Å². The summed E-state index contributed by atoms with van der Waals surface area (Å²) in [6.07, 6.45) is 4.42. The van der Waals surface area contributed by atoms with Crippen LogP contribution < -0.4 is 5.32 Å². The second-order valence-electron chi connectivity index (χ2n) is 6.53. The van der Waals surface area contributed by atoms with Gasteiger partial charge in [-0.05, 0) is 42.0 Å². The van der Waals surface area contributed by atoms with Gasteiger partial charge >= 0.3 is 0 Å². The van der Waals surface area contributed by atoms with Crippen molar-refractivity contribution in [3.05, 3.63) is 66.7 Å². The molecule has 4 aromatic rings. The van der Waals surface area contributed by atoms with E-state index in [0.717, 1.165) is 23.3 Å². The first-order valence-electron chi connectivity index (χ1n) is 8.77. The van der Waals surface area contributed by atoms with Crippen molar-refractivity contribution in [1.82, 2.24) is 15.0 Å². The van der Waals surface area contributed by atoms with Gasteiger partial charge in [0.1, 0.15) is 11.6 Å². The molecule has 6 nitrogen and oxygen atoms in total. The largest absolute Gasteiger partial charge is 0.373 e. The topological polar surface area (TPSA) is 84.8 Å². The van der Waals surface area contributed by atoms with E-state index in [2.05, 4.69) is 20.3 Å². The number of nitrogens with one attached hydrogen (secondary N) is 1. The van der Waals surface area contributed by atoms with Crippen LogP contribution in [0.2, 0.25) is 0 Å². The molecular formula is C21H17FN4O2S. The van der Waals surface area contributed by atoms with Crippen LogP contribution in [0, 0.1) is 5.82 Å². The van der Waals surface area contributed by atoms with Crippen LogP contribution in [0.5, 0.6) is 0 Å². The summed E-state index contributed by atoms with van der Waals surface area (Å²) < 4.78 is 37.9. The van der Waals surface area contributed by atoms with Gasteiger partial charge in [-0.2, -0.15) is 0 Å². The van der Waals surface area contributed by atoms with E-state index >= 15 is 0 Å². The molecule has 2 aromatic carbocycles. The van der Waals surface area contributed by atoms with E-state index in [1.165, 1.54) is 12.1 Å². The Morgan fingerprint density at radius 1 is 1.00 bits per heavy atom. The van der Waals surface area contributed by atoms with Crippen LogP contribution in [0.15, 0.2) is 65.8 Å². The molecule has 8 heteroatoms. The van der Waals surface area contributed by atoms with Crippen molar-refractivity contribution in [3.8, 4) is 22.5 Å². The van der Waals surface area contributed by atoms with Crippen molar-refractivity contribution >= 4 is 26.6 Å². The lowest BCUT2D eigenvalue weighted by Crippen LogP contribution is -2.00. The number of halogens is 1. The SMILES string of the molecule is CNc1nc(-c2cccnc2)nc2ccc(-c3ccc(S(C)(=O)=O)cc3F)cc12. The molecule has 0 radical (unpaired) electrons. The van der Waals surface area contributed by atoms with Gasteiger partial charge in [-0.3, -0.25) is 4.98 Å². The Hall–Kier alpha value is -3.39. The molecule has 2 aromatic heterocycles. The van der Waals surface area contributed by atoms with Gasteiger partial charge in [0.15, 0.2) is 15.7 Å². The summed E-state index contributed by atoms with van der Waals surface area (Å²) in [4.78, 5) is 13.2. The van der Waals surface area contributed by atoms with Crippen molar-refractivity contribution in [1.29, 1.82) is 0 Å². The Labute approximate surface area is 167 Å². The van der Waals surface area contributed by atoms with Crippen LogP contribution in [0.25, 0.3) is 33.4 Å². The zero-order chi connectivity index (χ0) is 20.6. The highest BCUT2D eigenvalue weighted by Crippen LogP contribution is 2.31. The summed E-state index contributed by atoms with van der Waals surface area (Å²) in [6.45, 7) is 0. The lowest BCUT2D eigenvalue weighted by Gasteiger charge is -2.11. The fraction of sp³-hybridized carbons (Fsp3) is 0.0952. The van der Waals surface area contributed by atoms with Gasteiger partial charge in [0.2, 0.25) is 0 Å². The maximum atomic E-state index is 14.6. The fourth-order valence-electron chi connectivity index (χ4n) is 3.07. The molecule has 0 aliphatic rings. The first-order valence-corrected chi connectivity index (χ1v) is 10.7. The molecule has 0 fully saturated rings. The molecule has 0 spiro atoms. The molecular weight excluding hydrogens is 391 g/mol. The number of aromatic nitrogens is 3. The number of sulfone groups is 1. The third-order valence-electron chi connectivity index (χ3n) is 4.53. The van der Waals surface area contributed by atoms with Gasteiger partial charge in [0.25, 0.3) is 0 Å². The Bertz CT molecular complexity index is 1330.